The number of aryl methyl sites for hydroxylation is 2. The average Bonchev–Trinajstić information content (AvgIpc) is 2.57. The number of benzene rings is 1. The van der Waals surface area contributed by atoms with Gasteiger partial charge in [-0.25, -0.2) is 0 Å². The Kier molecular flexibility index (Phi) is 2.58. The van der Waals surface area contributed by atoms with E-state index in [1.165, 1.54) is 16.5 Å². The van der Waals surface area contributed by atoms with Crippen molar-refractivity contribution in [3.63, 3.8) is 0 Å². The van der Waals surface area contributed by atoms with Crippen LogP contribution in [0.3, 0.4) is 0 Å². The summed E-state index contributed by atoms with van der Waals surface area (Å²) in [6, 6.07) is 6.16. The maximum absolute atomic E-state index is 10.6. The van der Waals surface area contributed by atoms with Crippen molar-refractivity contribution in [3.05, 3.63) is 35.5 Å². The van der Waals surface area contributed by atoms with E-state index in [4.69, 9.17) is 0 Å². The van der Waals surface area contributed by atoms with E-state index >= 15 is 0 Å². The number of nitrogens with zero attached hydrogens (tertiary/aromatic N) is 1. The second-order valence-electron chi connectivity index (χ2n) is 3.78. The van der Waals surface area contributed by atoms with Crippen LogP contribution in [0.25, 0.3) is 10.9 Å². The molecule has 0 bridgehead atoms. The molecule has 78 valence electrons. The van der Waals surface area contributed by atoms with Crippen molar-refractivity contribution in [1.82, 2.24) is 4.57 Å². The number of fused-ring (bicyclic) bond motifs is 1. The number of carbonyl (C=O) groups excluding carboxylic acids is 1. The largest absolute Gasteiger partial charge is 0.347 e. The normalized spacial score (nSPS) is 10.8. The van der Waals surface area contributed by atoms with Gasteiger partial charge in [-0.3, -0.25) is 0 Å². The molecule has 0 atom stereocenters. The summed E-state index contributed by atoms with van der Waals surface area (Å²) < 4.78 is 2.22. The van der Waals surface area contributed by atoms with Gasteiger partial charge in [0, 0.05) is 30.1 Å². The third-order valence-electron chi connectivity index (χ3n) is 2.83. The Bertz CT molecular complexity index is 496. The van der Waals surface area contributed by atoms with Gasteiger partial charge in [-0.1, -0.05) is 12.1 Å². The minimum absolute atomic E-state index is 0.506. The van der Waals surface area contributed by atoms with Gasteiger partial charge >= 0.3 is 0 Å². The predicted molar refractivity (Wildman–Crippen MR) is 62.1 cm³/mol. The summed E-state index contributed by atoms with van der Waals surface area (Å²) in [5.74, 6) is 0. The van der Waals surface area contributed by atoms with Gasteiger partial charge in [0.2, 0.25) is 0 Å². The van der Waals surface area contributed by atoms with Crippen LogP contribution < -0.4 is 0 Å². The fourth-order valence-corrected chi connectivity index (χ4v) is 2.17. The van der Waals surface area contributed by atoms with Crippen LogP contribution in [0.5, 0.6) is 0 Å². The molecule has 0 fully saturated rings. The zero-order chi connectivity index (χ0) is 10.8. The molecule has 0 amide bonds. The first-order chi connectivity index (χ1) is 7.27. The van der Waals surface area contributed by atoms with Crippen molar-refractivity contribution in [2.45, 2.75) is 26.8 Å². The molecular formula is C13H15NO. The van der Waals surface area contributed by atoms with E-state index in [0.717, 1.165) is 18.4 Å². The Hall–Kier alpha value is -1.57. The van der Waals surface area contributed by atoms with E-state index < -0.39 is 0 Å². The molecule has 2 heteroatoms. The highest BCUT2D eigenvalue weighted by Crippen LogP contribution is 2.24. The molecular weight excluding hydrogens is 186 g/mol. The topological polar surface area (TPSA) is 22.0 Å². The molecule has 15 heavy (non-hydrogen) atoms. The molecule has 0 saturated heterocycles. The summed E-state index contributed by atoms with van der Waals surface area (Å²) in [6.45, 7) is 5.20. The first kappa shape index (κ1) is 9.97. The van der Waals surface area contributed by atoms with Crippen molar-refractivity contribution >= 4 is 17.2 Å². The van der Waals surface area contributed by atoms with Gasteiger partial charge in [-0.15, -0.1) is 0 Å². The minimum Gasteiger partial charge on any atom is -0.347 e. The van der Waals surface area contributed by atoms with E-state index in [1.54, 1.807) is 0 Å². The van der Waals surface area contributed by atoms with Gasteiger partial charge in [-0.2, -0.15) is 0 Å². The molecule has 0 aliphatic carbocycles. The smallest absolute Gasteiger partial charge is 0.124 e. The van der Waals surface area contributed by atoms with Gasteiger partial charge in [0.05, 0.1) is 0 Å². The quantitative estimate of drug-likeness (QED) is 0.700. The average molecular weight is 201 g/mol. The molecule has 0 saturated carbocycles. The van der Waals surface area contributed by atoms with Crippen molar-refractivity contribution in [2.75, 3.05) is 0 Å². The molecule has 1 heterocycles. The van der Waals surface area contributed by atoms with Crippen LogP contribution in [0.15, 0.2) is 24.4 Å². The van der Waals surface area contributed by atoms with Crippen LogP contribution in [0, 0.1) is 6.92 Å². The third-order valence-corrected chi connectivity index (χ3v) is 2.83. The lowest BCUT2D eigenvalue weighted by Gasteiger charge is -2.02. The lowest BCUT2D eigenvalue weighted by Crippen LogP contribution is -1.92. The van der Waals surface area contributed by atoms with Crippen molar-refractivity contribution in [3.8, 4) is 0 Å². The number of carbonyl (C=O) groups is 1. The molecule has 2 rings (SSSR count). The highest BCUT2D eigenvalue weighted by molar-refractivity contribution is 5.88. The zero-order valence-corrected chi connectivity index (χ0v) is 9.16. The Morgan fingerprint density at radius 1 is 1.40 bits per heavy atom. The second kappa shape index (κ2) is 3.89. The zero-order valence-electron chi connectivity index (χ0n) is 9.16. The first-order valence-electron chi connectivity index (χ1n) is 5.29. The van der Waals surface area contributed by atoms with E-state index in [1.807, 2.05) is 12.1 Å². The van der Waals surface area contributed by atoms with Gasteiger partial charge in [0.15, 0.2) is 0 Å². The maximum atomic E-state index is 10.6. The van der Waals surface area contributed by atoms with Crippen LogP contribution >= 0.6 is 0 Å². The van der Waals surface area contributed by atoms with E-state index in [0.29, 0.717) is 6.42 Å². The Morgan fingerprint density at radius 2 is 2.20 bits per heavy atom. The fraction of sp³-hybridized carbons (Fsp3) is 0.308. The predicted octanol–water partition coefficient (Wildman–Crippen LogP) is 2.71. The summed E-state index contributed by atoms with van der Waals surface area (Å²) in [7, 11) is 0. The van der Waals surface area contributed by atoms with E-state index in [9.17, 15) is 4.79 Å². The number of aromatic nitrogens is 1. The third kappa shape index (κ3) is 1.56. The Labute approximate surface area is 89.5 Å². The molecule has 2 aromatic rings. The summed E-state index contributed by atoms with van der Waals surface area (Å²) >= 11 is 0. The van der Waals surface area contributed by atoms with Gasteiger partial charge in [-0.05, 0) is 31.0 Å². The number of hydrogen-bond acceptors (Lipinski definition) is 1. The van der Waals surface area contributed by atoms with E-state index in [-0.39, 0.29) is 0 Å². The molecule has 0 spiro atoms. The Balaban J connectivity index is 2.73. The molecule has 0 radical (unpaired) electrons. The summed E-state index contributed by atoms with van der Waals surface area (Å²) in [6.07, 6.45) is 3.63. The van der Waals surface area contributed by atoms with Crippen LogP contribution in [0.2, 0.25) is 0 Å². The molecule has 0 N–H and O–H groups in total. The van der Waals surface area contributed by atoms with E-state index in [2.05, 4.69) is 30.7 Å². The minimum atomic E-state index is 0.506. The van der Waals surface area contributed by atoms with Gasteiger partial charge < -0.3 is 9.36 Å². The van der Waals surface area contributed by atoms with Crippen molar-refractivity contribution < 1.29 is 4.79 Å². The molecule has 0 unspecified atom stereocenters. The SMILES string of the molecule is CCn1cc(C)c2c(CC=O)cccc21. The van der Waals surface area contributed by atoms with Gasteiger partial charge in [0.25, 0.3) is 0 Å². The lowest BCUT2D eigenvalue weighted by atomic mass is 10.1. The molecule has 1 aromatic heterocycles. The highest BCUT2D eigenvalue weighted by Gasteiger charge is 2.07. The molecule has 0 aliphatic heterocycles. The maximum Gasteiger partial charge on any atom is 0.124 e. The van der Waals surface area contributed by atoms with Crippen LogP contribution in [-0.2, 0) is 17.8 Å². The number of aldehydes is 1. The van der Waals surface area contributed by atoms with Gasteiger partial charge in [0.1, 0.15) is 6.29 Å². The highest BCUT2D eigenvalue weighted by atomic mass is 16.1. The van der Waals surface area contributed by atoms with Crippen LogP contribution in [0.4, 0.5) is 0 Å². The molecule has 2 nitrogen and oxygen atoms in total. The van der Waals surface area contributed by atoms with Crippen LogP contribution in [0.1, 0.15) is 18.1 Å². The second-order valence-corrected chi connectivity index (χ2v) is 3.78. The standard InChI is InChI=1S/C13H15NO/c1-3-14-9-10(2)13-11(7-8-15)5-4-6-12(13)14/h4-6,8-9H,3,7H2,1-2H3. The molecule has 0 aliphatic rings. The molecule has 1 aromatic carbocycles. The summed E-state index contributed by atoms with van der Waals surface area (Å²) in [5.41, 5.74) is 3.62. The number of hydrogen-bond donors (Lipinski definition) is 0. The monoisotopic (exact) mass is 201 g/mol. The summed E-state index contributed by atoms with van der Waals surface area (Å²) in [5, 5.41) is 1.24. The fourth-order valence-electron chi connectivity index (χ4n) is 2.17. The first-order valence-corrected chi connectivity index (χ1v) is 5.29. The number of rotatable bonds is 3. The van der Waals surface area contributed by atoms with Crippen molar-refractivity contribution in [1.29, 1.82) is 0 Å². The lowest BCUT2D eigenvalue weighted by molar-refractivity contribution is -0.107. The Morgan fingerprint density at radius 3 is 2.87 bits per heavy atom. The van der Waals surface area contributed by atoms with Crippen LogP contribution in [-0.4, -0.2) is 10.9 Å². The summed E-state index contributed by atoms with van der Waals surface area (Å²) in [4.78, 5) is 10.6. The van der Waals surface area contributed by atoms with Crippen molar-refractivity contribution in [2.24, 2.45) is 0 Å².